The van der Waals surface area contributed by atoms with Crippen LogP contribution in [0.2, 0.25) is 0 Å². The average molecular weight is 346 g/mol. The summed E-state index contributed by atoms with van der Waals surface area (Å²) in [5, 5.41) is 2.26. The molecule has 5 aromatic rings. The minimum Gasteiger partial charge on any atom is -0.245 e. The van der Waals surface area contributed by atoms with Gasteiger partial charge < -0.3 is 0 Å². The summed E-state index contributed by atoms with van der Waals surface area (Å²) in [5.74, 6) is 0. The molecule has 0 aliphatic heterocycles. The van der Waals surface area contributed by atoms with E-state index in [-0.39, 0.29) is 0 Å². The predicted molar refractivity (Wildman–Crippen MR) is 113 cm³/mol. The largest absolute Gasteiger partial charge is 0.245 e. The van der Waals surface area contributed by atoms with Crippen LogP contribution >= 0.6 is 0 Å². The van der Waals surface area contributed by atoms with E-state index in [1.165, 1.54) is 5.56 Å². The summed E-state index contributed by atoms with van der Waals surface area (Å²) in [6, 6.07) is 31.3. The van der Waals surface area contributed by atoms with Gasteiger partial charge in [-0.3, -0.25) is 0 Å². The normalized spacial score (nSPS) is 11.1. The van der Waals surface area contributed by atoms with Gasteiger partial charge in [-0.15, -0.1) is 0 Å². The molecule has 0 aliphatic rings. The number of fused-ring (bicyclic) bond motifs is 3. The van der Waals surface area contributed by atoms with Gasteiger partial charge in [-0.25, -0.2) is 9.97 Å². The lowest BCUT2D eigenvalue weighted by molar-refractivity contribution is 1.34. The number of aromatic nitrogens is 2. The zero-order valence-electron chi connectivity index (χ0n) is 15.1. The van der Waals surface area contributed by atoms with Crippen LogP contribution in [0.25, 0.3) is 44.3 Å². The fraction of sp³-hybridized carbons (Fsp3) is 0.0400. The third-order valence-electron chi connectivity index (χ3n) is 4.98. The quantitative estimate of drug-likeness (QED) is 0.344. The van der Waals surface area contributed by atoms with Crippen molar-refractivity contribution in [3.63, 3.8) is 0 Å². The fourth-order valence-corrected chi connectivity index (χ4v) is 3.57. The Morgan fingerprint density at radius 3 is 1.85 bits per heavy atom. The Hall–Kier alpha value is -3.52. The highest BCUT2D eigenvalue weighted by Crippen LogP contribution is 2.30. The molecule has 3 aromatic carbocycles. The summed E-state index contributed by atoms with van der Waals surface area (Å²) < 4.78 is 0. The Labute approximate surface area is 158 Å². The summed E-state index contributed by atoms with van der Waals surface area (Å²) in [6.45, 7) is 2.14. The van der Waals surface area contributed by atoms with Crippen LogP contribution in [0, 0.1) is 6.92 Å². The fourth-order valence-electron chi connectivity index (χ4n) is 3.57. The third-order valence-corrected chi connectivity index (χ3v) is 4.98. The maximum atomic E-state index is 5.01. The second-order valence-corrected chi connectivity index (χ2v) is 6.79. The summed E-state index contributed by atoms with van der Waals surface area (Å²) in [7, 11) is 0. The molecule has 0 atom stereocenters. The van der Waals surface area contributed by atoms with E-state index in [2.05, 4.69) is 61.5 Å². The van der Waals surface area contributed by atoms with Crippen molar-refractivity contribution in [2.45, 2.75) is 6.92 Å². The van der Waals surface area contributed by atoms with Crippen LogP contribution in [0.3, 0.4) is 0 Å². The third kappa shape index (κ3) is 2.76. The standard InChI is InChI=1S/C25H18N2/c1-17-16-23(19-10-6-3-7-11-19)27-25-21(17)14-12-20-13-15-22(26-24(20)25)18-8-4-2-5-9-18/h2-16H,1H3. The molecule has 0 amide bonds. The smallest absolute Gasteiger partial charge is 0.0975 e. The molecule has 2 heteroatoms. The van der Waals surface area contributed by atoms with E-state index in [0.29, 0.717) is 0 Å². The van der Waals surface area contributed by atoms with E-state index < -0.39 is 0 Å². The number of nitrogens with zero attached hydrogens (tertiary/aromatic N) is 2. The van der Waals surface area contributed by atoms with Crippen molar-refractivity contribution < 1.29 is 0 Å². The molecule has 2 nitrogen and oxygen atoms in total. The van der Waals surface area contributed by atoms with Crippen molar-refractivity contribution in [1.29, 1.82) is 0 Å². The van der Waals surface area contributed by atoms with E-state index in [1.807, 2.05) is 36.4 Å². The van der Waals surface area contributed by atoms with Gasteiger partial charge in [0.05, 0.1) is 22.4 Å². The highest BCUT2D eigenvalue weighted by Gasteiger charge is 2.10. The van der Waals surface area contributed by atoms with E-state index in [1.54, 1.807) is 0 Å². The number of rotatable bonds is 2. The van der Waals surface area contributed by atoms with Crippen molar-refractivity contribution in [3.05, 3.63) is 96.6 Å². The minimum atomic E-state index is 0.953. The van der Waals surface area contributed by atoms with Crippen molar-refractivity contribution in [3.8, 4) is 22.5 Å². The van der Waals surface area contributed by atoms with Crippen LogP contribution in [-0.4, -0.2) is 9.97 Å². The number of pyridine rings is 2. The predicted octanol–water partition coefficient (Wildman–Crippen LogP) is 6.43. The molecule has 0 saturated carbocycles. The first kappa shape index (κ1) is 15.7. The van der Waals surface area contributed by atoms with E-state index in [9.17, 15) is 0 Å². The van der Waals surface area contributed by atoms with Gasteiger partial charge in [-0.05, 0) is 24.6 Å². The summed E-state index contributed by atoms with van der Waals surface area (Å²) >= 11 is 0. The lowest BCUT2D eigenvalue weighted by Crippen LogP contribution is -1.93. The van der Waals surface area contributed by atoms with Crippen LogP contribution in [0.4, 0.5) is 0 Å². The van der Waals surface area contributed by atoms with Crippen LogP contribution in [0.1, 0.15) is 5.56 Å². The first-order valence-corrected chi connectivity index (χ1v) is 9.11. The van der Waals surface area contributed by atoms with E-state index >= 15 is 0 Å². The van der Waals surface area contributed by atoms with Crippen molar-refractivity contribution in [2.75, 3.05) is 0 Å². The molecule has 27 heavy (non-hydrogen) atoms. The molecule has 0 fully saturated rings. The summed E-state index contributed by atoms with van der Waals surface area (Å²) in [4.78, 5) is 9.99. The molecule has 0 aliphatic carbocycles. The molecule has 2 aromatic heterocycles. The van der Waals surface area contributed by atoms with Gasteiger partial charge >= 0.3 is 0 Å². The average Bonchev–Trinajstić information content (AvgIpc) is 2.74. The van der Waals surface area contributed by atoms with Gasteiger partial charge in [-0.2, -0.15) is 0 Å². The maximum absolute atomic E-state index is 5.01. The molecule has 0 bridgehead atoms. The zero-order valence-corrected chi connectivity index (χ0v) is 15.1. The lowest BCUT2D eigenvalue weighted by Gasteiger charge is -2.10. The molecule has 0 radical (unpaired) electrons. The number of hydrogen-bond donors (Lipinski definition) is 0. The number of hydrogen-bond acceptors (Lipinski definition) is 2. The van der Waals surface area contributed by atoms with Crippen LogP contribution in [0.5, 0.6) is 0 Å². The molecular weight excluding hydrogens is 328 g/mol. The molecule has 5 rings (SSSR count). The van der Waals surface area contributed by atoms with E-state index in [4.69, 9.17) is 9.97 Å². The SMILES string of the molecule is Cc1cc(-c2ccccc2)nc2c1ccc1ccc(-c3ccccc3)nc12. The highest BCUT2D eigenvalue weighted by molar-refractivity contribution is 6.05. The first-order chi connectivity index (χ1) is 13.3. The topological polar surface area (TPSA) is 25.8 Å². The molecule has 0 saturated heterocycles. The monoisotopic (exact) mass is 346 g/mol. The van der Waals surface area contributed by atoms with E-state index in [0.717, 1.165) is 44.3 Å². The van der Waals surface area contributed by atoms with Gasteiger partial charge in [0.15, 0.2) is 0 Å². The zero-order chi connectivity index (χ0) is 18.2. The first-order valence-electron chi connectivity index (χ1n) is 9.11. The van der Waals surface area contributed by atoms with Crippen LogP contribution in [-0.2, 0) is 0 Å². The summed E-state index contributed by atoms with van der Waals surface area (Å²) in [6.07, 6.45) is 0. The van der Waals surface area contributed by atoms with Crippen molar-refractivity contribution in [1.82, 2.24) is 9.97 Å². The summed E-state index contributed by atoms with van der Waals surface area (Å²) in [5.41, 5.74) is 7.33. The Balaban J connectivity index is 1.81. The number of aryl methyl sites for hydroxylation is 1. The second kappa shape index (κ2) is 6.33. The Kier molecular flexibility index (Phi) is 3.68. The van der Waals surface area contributed by atoms with Gasteiger partial charge in [0, 0.05) is 21.9 Å². The van der Waals surface area contributed by atoms with Gasteiger partial charge in [0.1, 0.15) is 0 Å². The minimum absolute atomic E-state index is 0.953. The van der Waals surface area contributed by atoms with Gasteiger partial charge in [-0.1, -0.05) is 78.9 Å². The second-order valence-electron chi connectivity index (χ2n) is 6.79. The van der Waals surface area contributed by atoms with Gasteiger partial charge in [0.25, 0.3) is 0 Å². The van der Waals surface area contributed by atoms with Crippen molar-refractivity contribution >= 4 is 21.8 Å². The molecule has 2 heterocycles. The lowest BCUT2D eigenvalue weighted by atomic mass is 10.0. The Morgan fingerprint density at radius 2 is 1.15 bits per heavy atom. The highest BCUT2D eigenvalue weighted by atomic mass is 14.8. The molecule has 0 N–H and O–H groups in total. The Morgan fingerprint density at radius 1 is 0.556 bits per heavy atom. The molecule has 0 spiro atoms. The maximum Gasteiger partial charge on any atom is 0.0975 e. The van der Waals surface area contributed by atoms with Crippen molar-refractivity contribution in [2.24, 2.45) is 0 Å². The van der Waals surface area contributed by atoms with Crippen LogP contribution in [0.15, 0.2) is 91.0 Å². The molecular formula is C25H18N2. The Bertz CT molecular complexity index is 1260. The van der Waals surface area contributed by atoms with Crippen LogP contribution < -0.4 is 0 Å². The molecule has 128 valence electrons. The number of benzene rings is 3. The van der Waals surface area contributed by atoms with Gasteiger partial charge in [0.2, 0.25) is 0 Å². The molecule has 0 unspecified atom stereocenters.